The topological polar surface area (TPSA) is 106 Å². The van der Waals surface area contributed by atoms with Crippen molar-refractivity contribution in [1.82, 2.24) is 4.98 Å². The number of hydrogen-bond acceptors (Lipinski definition) is 6. The van der Waals surface area contributed by atoms with Crippen LogP contribution in [0.25, 0.3) is 10.9 Å². The fraction of sp³-hybridized carbons (Fsp3) is 0.0800. The molecule has 1 fully saturated rings. The number of aromatic nitrogens is 1. The van der Waals surface area contributed by atoms with E-state index in [2.05, 4.69) is 16.0 Å². The first-order valence-electron chi connectivity index (χ1n) is 10.5. The van der Waals surface area contributed by atoms with E-state index < -0.39 is 10.0 Å². The second-order valence-electron chi connectivity index (χ2n) is 7.79. The second kappa shape index (κ2) is 9.02. The molecule has 7 nitrogen and oxygen atoms in total. The van der Waals surface area contributed by atoms with Crippen LogP contribution >= 0.6 is 11.8 Å². The molecule has 9 heteroatoms. The van der Waals surface area contributed by atoms with Gasteiger partial charge in [-0.3, -0.25) is 14.7 Å². The number of hydrogen-bond donors (Lipinski definition) is 1. The molecule has 1 atom stereocenters. The minimum Gasteiger partial charge on any atom is -0.273 e. The molecule has 4 aromatic rings. The van der Waals surface area contributed by atoms with Crippen molar-refractivity contribution in [2.75, 3.05) is 4.90 Å². The van der Waals surface area contributed by atoms with E-state index in [1.165, 1.54) is 23.9 Å². The molecule has 2 heterocycles. The molecule has 1 aliphatic heterocycles. The van der Waals surface area contributed by atoms with E-state index in [-0.39, 0.29) is 16.1 Å². The first kappa shape index (κ1) is 22.3. The molecule has 3 aromatic carbocycles. The van der Waals surface area contributed by atoms with Gasteiger partial charge in [0.25, 0.3) is 0 Å². The van der Waals surface area contributed by atoms with Crippen molar-refractivity contribution in [3.05, 3.63) is 96.7 Å². The van der Waals surface area contributed by atoms with Gasteiger partial charge >= 0.3 is 0 Å². The van der Waals surface area contributed by atoms with E-state index in [4.69, 9.17) is 5.14 Å². The van der Waals surface area contributed by atoms with Crippen LogP contribution in [-0.4, -0.2) is 29.7 Å². The summed E-state index contributed by atoms with van der Waals surface area (Å²) in [6, 6.07) is 25.2. The maximum absolute atomic E-state index is 13.5. The van der Waals surface area contributed by atoms with Crippen LogP contribution in [-0.2, 0) is 21.2 Å². The molecular weight excluding hydrogens is 468 g/mol. The average molecular weight is 489 g/mol. The van der Waals surface area contributed by atoms with Gasteiger partial charge in [0.05, 0.1) is 27.0 Å². The highest BCUT2D eigenvalue weighted by atomic mass is 32.2. The Hall–Kier alpha value is -3.53. The monoisotopic (exact) mass is 488 g/mol. The first-order chi connectivity index (χ1) is 16.4. The lowest BCUT2D eigenvalue weighted by atomic mass is 10.1. The number of amidine groups is 1. The molecule has 0 spiro atoms. The zero-order valence-corrected chi connectivity index (χ0v) is 19.5. The van der Waals surface area contributed by atoms with Crippen molar-refractivity contribution in [3.8, 4) is 0 Å². The number of anilines is 1. The number of sulfonamides is 1. The minimum absolute atomic E-state index is 0.00759. The number of thioether (sulfide) groups is 1. The van der Waals surface area contributed by atoms with Gasteiger partial charge in [-0.1, -0.05) is 48.2 Å². The number of carbonyl (C=O) groups excluding carboxylic acids is 1. The number of para-hydroxylation sites is 2. The molecule has 2 N–H and O–H groups in total. The highest BCUT2D eigenvalue weighted by Crippen LogP contribution is 2.35. The van der Waals surface area contributed by atoms with Gasteiger partial charge in [-0.05, 0) is 60.5 Å². The third kappa shape index (κ3) is 4.58. The van der Waals surface area contributed by atoms with Gasteiger partial charge in [-0.2, -0.15) is 0 Å². The Morgan fingerprint density at radius 2 is 1.68 bits per heavy atom. The maximum atomic E-state index is 13.5. The minimum atomic E-state index is -3.79. The van der Waals surface area contributed by atoms with Crippen LogP contribution in [0.15, 0.2) is 101 Å². The highest BCUT2D eigenvalue weighted by molar-refractivity contribution is 8.16. The van der Waals surface area contributed by atoms with Crippen LogP contribution in [0.1, 0.15) is 5.56 Å². The summed E-state index contributed by atoms with van der Waals surface area (Å²) < 4.78 is 23.1. The van der Waals surface area contributed by atoms with Crippen molar-refractivity contribution in [3.63, 3.8) is 0 Å². The van der Waals surface area contributed by atoms with Crippen LogP contribution in [0.4, 0.5) is 11.4 Å². The molecule has 0 bridgehead atoms. The van der Waals surface area contributed by atoms with Crippen molar-refractivity contribution in [1.29, 1.82) is 0 Å². The van der Waals surface area contributed by atoms with Crippen molar-refractivity contribution in [2.45, 2.75) is 16.6 Å². The van der Waals surface area contributed by atoms with E-state index in [0.29, 0.717) is 17.3 Å². The predicted molar refractivity (Wildman–Crippen MR) is 136 cm³/mol. The zero-order valence-electron chi connectivity index (χ0n) is 17.9. The number of primary sulfonamides is 1. The van der Waals surface area contributed by atoms with E-state index in [1.807, 2.05) is 60.8 Å². The third-order valence-electron chi connectivity index (χ3n) is 5.41. The molecular formula is C25H20N4O3S2. The van der Waals surface area contributed by atoms with Gasteiger partial charge < -0.3 is 0 Å². The molecule has 1 aliphatic rings. The summed E-state index contributed by atoms with van der Waals surface area (Å²) in [5.74, 6) is -0.0655. The highest BCUT2D eigenvalue weighted by Gasteiger charge is 2.39. The smallest absolute Gasteiger partial charge is 0.247 e. The number of fused-ring (bicyclic) bond motifs is 1. The van der Waals surface area contributed by atoms with Crippen LogP contribution in [0.2, 0.25) is 0 Å². The van der Waals surface area contributed by atoms with Gasteiger partial charge in [0.1, 0.15) is 0 Å². The Kier molecular flexibility index (Phi) is 5.91. The number of aliphatic imine (C=N–C) groups is 1. The average Bonchev–Trinajstić information content (AvgIpc) is 3.13. The Morgan fingerprint density at radius 3 is 2.41 bits per heavy atom. The van der Waals surface area contributed by atoms with Crippen molar-refractivity contribution >= 4 is 55.1 Å². The van der Waals surface area contributed by atoms with E-state index in [0.717, 1.165) is 22.2 Å². The summed E-state index contributed by atoms with van der Waals surface area (Å²) in [5, 5.41) is 6.37. The molecule has 34 heavy (non-hydrogen) atoms. The SMILES string of the molecule is NS(=O)(=O)c1ccc(N=C2SC(Cc3cnc4ccccc4c3)C(=O)N2c2ccccc2)cc1. The molecule has 1 aromatic heterocycles. The molecule has 0 radical (unpaired) electrons. The van der Waals surface area contributed by atoms with Crippen LogP contribution in [0, 0.1) is 0 Å². The van der Waals surface area contributed by atoms with Crippen LogP contribution in [0.5, 0.6) is 0 Å². The number of carbonyl (C=O) groups is 1. The van der Waals surface area contributed by atoms with E-state index in [1.54, 1.807) is 17.0 Å². The molecule has 0 aliphatic carbocycles. The summed E-state index contributed by atoms with van der Waals surface area (Å²) in [6.07, 6.45) is 2.32. The number of nitrogens with zero attached hydrogens (tertiary/aromatic N) is 3. The fourth-order valence-corrected chi connectivity index (χ4v) is 5.46. The quantitative estimate of drug-likeness (QED) is 0.452. The molecule has 1 amide bonds. The summed E-state index contributed by atoms with van der Waals surface area (Å²) in [7, 11) is -3.79. The summed E-state index contributed by atoms with van der Waals surface area (Å²) >= 11 is 1.38. The fourth-order valence-electron chi connectivity index (χ4n) is 3.75. The molecule has 1 saturated heterocycles. The van der Waals surface area contributed by atoms with Gasteiger partial charge in [-0.25, -0.2) is 18.5 Å². The molecule has 5 rings (SSSR count). The Morgan fingerprint density at radius 1 is 0.971 bits per heavy atom. The van der Waals surface area contributed by atoms with Gasteiger partial charge in [-0.15, -0.1) is 0 Å². The molecule has 0 saturated carbocycles. The maximum Gasteiger partial charge on any atom is 0.247 e. The zero-order chi connectivity index (χ0) is 23.7. The van der Waals surface area contributed by atoms with Gasteiger partial charge in [0.2, 0.25) is 15.9 Å². The summed E-state index contributed by atoms with van der Waals surface area (Å²) in [4.78, 5) is 24.3. The predicted octanol–water partition coefficient (Wildman–Crippen LogP) is 4.26. The van der Waals surface area contributed by atoms with E-state index >= 15 is 0 Å². The number of benzene rings is 3. The second-order valence-corrected chi connectivity index (χ2v) is 10.5. The van der Waals surface area contributed by atoms with Crippen LogP contribution < -0.4 is 10.0 Å². The normalized spacial score (nSPS) is 17.6. The number of rotatable bonds is 5. The van der Waals surface area contributed by atoms with Crippen molar-refractivity contribution < 1.29 is 13.2 Å². The van der Waals surface area contributed by atoms with Gasteiger partial charge in [0.15, 0.2) is 5.17 Å². The van der Waals surface area contributed by atoms with Gasteiger partial charge in [0, 0.05) is 11.6 Å². The lowest BCUT2D eigenvalue weighted by Gasteiger charge is -2.16. The number of nitrogens with two attached hydrogens (primary N) is 1. The Bertz CT molecular complexity index is 1500. The van der Waals surface area contributed by atoms with Crippen LogP contribution in [0.3, 0.4) is 0 Å². The van der Waals surface area contributed by atoms with Crippen molar-refractivity contribution in [2.24, 2.45) is 10.1 Å². The lowest BCUT2D eigenvalue weighted by molar-refractivity contribution is -0.116. The largest absolute Gasteiger partial charge is 0.273 e. The number of amides is 1. The third-order valence-corrected chi connectivity index (χ3v) is 7.47. The summed E-state index contributed by atoms with van der Waals surface area (Å²) in [6.45, 7) is 0. The summed E-state index contributed by atoms with van der Waals surface area (Å²) in [5.41, 5.74) is 3.12. The number of pyridine rings is 1. The molecule has 170 valence electrons. The molecule has 1 unspecified atom stereocenters. The lowest BCUT2D eigenvalue weighted by Crippen LogP contribution is -2.32. The first-order valence-corrected chi connectivity index (χ1v) is 12.9. The standard InChI is InChI=1S/C25H20N4O3S2/c26-34(31,32)21-12-10-19(11-13-21)28-25-29(20-7-2-1-3-8-20)24(30)23(33-25)15-17-14-18-6-4-5-9-22(18)27-16-17/h1-14,16,23H,15H2,(H2,26,31,32). The Labute approximate surface area is 201 Å². The Balaban J connectivity index is 1.48. The van der Waals surface area contributed by atoms with E-state index in [9.17, 15) is 13.2 Å².